The minimum atomic E-state index is -0.848. The number of aromatic nitrogens is 2. The van der Waals surface area contributed by atoms with Crippen molar-refractivity contribution in [2.45, 2.75) is 0 Å². The van der Waals surface area contributed by atoms with Gasteiger partial charge in [0.15, 0.2) is 5.82 Å². The number of nitrogens with zero attached hydrogens (tertiary/aromatic N) is 1. The number of aromatic hydroxyl groups is 1. The molecular formula is C11H7ClFN3O3. The lowest BCUT2D eigenvalue weighted by Crippen LogP contribution is -2.18. The third-order valence-electron chi connectivity index (χ3n) is 2.20. The molecule has 1 aromatic heterocycles. The first kappa shape index (κ1) is 13.0. The smallest absolute Gasteiger partial charge is 0.276 e. The third kappa shape index (κ3) is 2.89. The molecule has 0 spiro atoms. The van der Waals surface area contributed by atoms with Crippen LogP contribution in [0.5, 0.6) is 5.75 Å². The molecule has 0 fully saturated rings. The van der Waals surface area contributed by atoms with E-state index in [-0.39, 0.29) is 16.4 Å². The molecular weight excluding hydrogens is 277 g/mol. The number of halogens is 2. The molecule has 0 saturated heterocycles. The topological polar surface area (TPSA) is 95.1 Å². The molecule has 19 heavy (non-hydrogen) atoms. The first-order chi connectivity index (χ1) is 8.97. The fraction of sp³-hybridized carbons (Fsp3) is 0. The molecule has 0 bridgehead atoms. The minimum Gasteiger partial charge on any atom is -0.506 e. The van der Waals surface area contributed by atoms with Crippen molar-refractivity contribution in [2.24, 2.45) is 0 Å². The minimum absolute atomic E-state index is 0.0943. The number of hydrogen-bond donors (Lipinski definition) is 3. The summed E-state index contributed by atoms with van der Waals surface area (Å²) >= 11 is 5.60. The van der Waals surface area contributed by atoms with E-state index in [1.165, 1.54) is 6.07 Å². The second-order valence-corrected chi connectivity index (χ2v) is 3.95. The maximum Gasteiger partial charge on any atom is 0.276 e. The molecule has 8 heteroatoms. The first-order valence-corrected chi connectivity index (χ1v) is 5.40. The Labute approximate surface area is 110 Å². The van der Waals surface area contributed by atoms with E-state index in [4.69, 9.17) is 16.7 Å². The van der Waals surface area contributed by atoms with Gasteiger partial charge in [-0.2, -0.15) is 5.10 Å². The van der Waals surface area contributed by atoms with E-state index in [1.54, 1.807) is 0 Å². The molecule has 0 aliphatic heterocycles. The molecule has 1 aromatic carbocycles. The van der Waals surface area contributed by atoms with Crippen molar-refractivity contribution in [3.63, 3.8) is 0 Å². The second kappa shape index (κ2) is 5.07. The fourth-order valence-corrected chi connectivity index (χ4v) is 1.45. The highest BCUT2D eigenvalue weighted by Gasteiger charge is 2.13. The summed E-state index contributed by atoms with van der Waals surface area (Å²) in [4.78, 5) is 22.5. The average molecular weight is 284 g/mol. The van der Waals surface area contributed by atoms with Gasteiger partial charge in [-0.3, -0.25) is 9.59 Å². The molecule has 0 radical (unpaired) electrons. The lowest BCUT2D eigenvalue weighted by Gasteiger charge is -2.07. The molecule has 0 unspecified atom stereocenters. The summed E-state index contributed by atoms with van der Waals surface area (Å²) in [5.41, 5.74) is -0.764. The van der Waals surface area contributed by atoms with Crippen LogP contribution in [0.2, 0.25) is 5.02 Å². The predicted octanol–water partition coefficient (Wildman–Crippen LogP) is 1.52. The highest BCUT2D eigenvalue weighted by molar-refractivity contribution is 6.32. The normalized spacial score (nSPS) is 10.2. The third-order valence-corrected chi connectivity index (χ3v) is 2.50. The Bertz CT molecular complexity index is 682. The zero-order chi connectivity index (χ0) is 14.0. The van der Waals surface area contributed by atoms with Crippen molar-refractivity contribution in [3.8, 4) is 5.75 Å². The summed E-state index contributed by atoms with van der Waals surface area (Å²) < 4.78 is 13.5. The quantitative estimate of drug-likeness (QED) is 0.728. The molecule has 2 aromatic rings. The lowest BCUT2D eigenvalue weighted by molar-refractivity contribution is 0.102. The largest absolute Gasteiger partial charge is 0.506 e. The van der Waals surface area contributed by atoms with Gasteiger partial charge in [0.1, 0.15) is 11.4 Å². The molecule has 0 aliphatic carbocycles. The van der Waals surface area contributed by atoms with Crippen LogP contribution in [-0.4, -0.2) is 21.2 Å². The molecule has 1 amide bonds. The van der Waals surface area contributed by atoms with Crippen molar-refractivity contribution in [3.05, 3.63) is 51.2 Å². The number of carbonyl (C=O) groups excluding carboxylic acids is 1. The average Bonchev–Trinajstić information content (AvgIpc) is 2.36. The number of benzene rings is 1. The van der Waals surface area contributed by atoms with Gasteiger partial charge in [-0.15, -0.1) is 0 Å². The molecule has 0 aliphatic rings. The van der Waals surface area contributed by atoms with Gasteiger partial charge in [-0.05, 0) is 12.1 Å². The van der Waals surface area contributed by atoms with E-state index in [1.807, 2.05) is 0 Å². The van der Waals surface area contributed by atoms with E-state index in [2.05, 4.69) is 15.5 Å². The van der Waals surface area contributed by atoms with Gasteiger partial charge >= 0.3 is 0 Å². The Morgan fingerprint density at radius 2 is 2.16 bits per heavy atom. The van der Waals surface area contributed by atoms with Crippen LogP contribution < -0.4 is 10.9 Å². The van der Waals surface area contributed by atoms with E-state index < -0.39 is 23.0 Å². The molecule has 1 heterocycles. The number of aromatic amines is 1. The van der Waals surface area contributed by atoms with Crippen LogP contribution in [0.3, 0.4) is 0 Å². The van der Waals surface area contributed by atoms with E-state index in [0.29, 0.717) is 0 Å². The van der Waals surface area contributed by atoms with Crippen molar-refractivity contribution >= 4 is 23.2 Å². The maximum atomic E-state index is 13.5. The van der Waals surface area contributed by atoms with Gasteiger partial charge < -0.3 is 10.4 Å². The van der Waals surface area contributed by atoms with Gasteiger partial charge in [0.05, 0.1) is 10.7 Å². The Kier molecular flexibility index (Phi) is 3.48. The summed E-state index contributed by atoms with van der Waals surface area (Å²) in [6.45, 7) is 0. The van der Waals surface area contributed by atoms with Crippen LogP contribution in [-0.2, 0) is 0 Å². The Balaban J connectivity index is 2.26. The zero-order valence-electron chi connectivity index (χ0n) is 9.28. The van der Waals surface area contributed by atoms with Crippen LogP contribution in [0.25, 0.3) is 0 Å². The zero-order valence-corrected chi connectivity index (χ0v) is 10.0. The van der Waals surface area contributed by atoms with Crippen LogP contribution in [0, 0.1) is 5.82 Å². The van der Waals surface area contributed by atoms with E-state index in [0.717, 1.165) is 18.2 Å². The number of H-pyrrole nitrogens is 1. The lowest BCUT2D eigenvalue weighted by atomic mass is 10.2. The highest BCUT2D eigenvalue weighted by atomic mass is 35.5. The van der Waals surface area contributed by atoms with E-state index in [9.17, 15) is 14.0 Å². The van der Waals surface area contributed by atoms with Gasteiger partial charge in [0.2, 0.25) is 0 Å². The number of nitrogens with one attached hydrogen (secondary N) is 2. The number of phenols is 1. The van der Waals surface area contributed by atoms with Gasteiger partial charge in [0, 0.05) is 12.1 Å². The SMILES string of the molecule is O=C(Nc1cc(Cl)c(O)cc1F)c1ccc(=O)[nH]n1. The predicted molar refractivity (Wildman–Crippen MR) is 65.9 cm³/mol. The van der Waals surface area contributed by atoms with Crippen molar-refractivity contribution in [2.75, 3.05) is 5.32 Å². The highest BCUT2D eigenvalue weighted by Crippen LogP contribution is 2.29. The van der Waals surface area contributed by atoms with Crippen molar-refractivity contribution in [1.29, 1.82) is 0 Å². The van der Waals surface area contributed by atoms with Crippen LogP contribution in [0.4, 0.5) is 10.1 Å². The Morgan fingerprint density at radius 1 is 1.42 bits per heavy atom. The fourth-order valence-electron chi connectivity index (χ4n) is 1.29. The van der Waals surface area contributed by atoms with E-state index >= 15 is 0 Å². The molecule has 6 nitrogen and oxygen atoms in total. The summed E-state index contributed by atoms with van der Waals surface area (Å²) in [7, 11) is 0. The summed E-state index contributed by atoms with van der Waals surface area (Å²) in [5, 5.41) is 16.8. The molecule has 98 valence electrons. The standard InChI is InChI=1S/C11H7ClFN3O3/c12-5-3-8(6(13)4-9(5)17)14-11(19)7-1-2-10(18)16-15-7/h1-4,17H,(H,14,19)(H,16,18). The van der Waals surface area contributed by atoms with Gasteiger partial charge in [-0.25, -0.2) is 9.49 Å². The van der Waals surface area contributed by atoms with Gasteiger partial charge in [-0.1, -0.05) is 11.6 Å². The molecule has 2 rings (SSSR count). The van der Waals surface area contributed by atoms with Crippen LogP contribution in [0.1, 0.15) is 10.5 Å². The van der Waals surface area contributed by atoms with Crippen LogP contribution in [0.15, 0.2) is 29.1 Å². The summed E-state index contributed by atoms with van der Waals surface area (Å²) in [6.07, 6.45) is 0. The Hall–Kier alpha value is -2.41. The molecule has 0 atom stereocenters. The maximum absolute atomic E-state index is 13.5. The van der Waals surface area contributed by atoms with Gasteiger partial charge in [0.25, 0.3) is 11.5 Å². The summed E-state index contributed by atoms with van der Waals surface area (Å²) in [5.74, 6) is -2.00. The first-order valence-electron chi connectivity index (χ1n) is 5.02. The van der Waals surface area contributed by atoms with Crippen LogP contribution >= 0.6 is 11.6 Å². The second-order valence-electron chi connectivity index (χ2n) is 3.54. The number of rotatable bonds is 2. The number of anilines is 1. The monoisotopic (exact) mass is 283 g/mol. The number of carbonyl (C=O) groups is 1. The van der Waals surface area contributed by atoms with Crippen molar-refractivity contribution in [1.82, 2.24) is 10.2 Å². The summed E-state index contributed by atoms with van der Waals surface area (Å²) in [6, 6.07) is 4.14. The number of hydrogen-bond acceptors (Lipinski definition) is 4. The Morgan fingerprint density at radius 3 is 2.79 bits per heavy atom. The molecule has 3 N–H and O–H groups in total. The number of phenolic OH excluding ortho intramolecular Hbond substituents is 1. The number of amides is 1. The molecule has 0 saturated carbocycles. The van der Waals surface area contributed by atoms with Crippen molar-refractivity contribution < 1.29 is 14.3 Å².